The standard InChI is InChI=1S/C33H31Cl2F2N7O5/c1-43-30-24(32(46)44(2)33(43)47)28(41-29(42-30)27(36)37)39-22-9-5-7-18(26(22)35)17-6-4-8-19(25(17)34)20-11-10-16(31(40-20)48-3)14-38-21-12-13-49-15-23(21)45/h4-11,21,23,27,38,45H,12-15H2,1-3H3,(H,39,41,42). The highest BCUT2D eigenvalue weighted by Gasteiger charge is 2.25. The van der Waals surface area contributed by atoms with Gasteiger partial charge < -0.3 is 25.2 Å². The van der Waals surface area contributed by atoms with Gasteiger partial charge in [0.2, 0.25) is 5.88 Å². The summed E-state index contributed by atoms with van der Waals surface area (Å²) in [5.74, 6) is -0.721. The summed E-state index contributed by atoms with van der Waals surface area (Å²) in [6, 6.07) is 13.9. The Balaban J connectivity index is 1.35. The van der Waals surface area contributed by atoms with Gasteiger partial charge in [-0.2, -0.15) is 0 Å². The highest BCUT2D eigenvalue weighted by Crippen LogP contribution is 2.42. The number of aliphatic hydroxyl groups is 1. The number of halogens is 4. The van der Waals surface area contributed by atoms with Crippen molar-refractivity contribution >= 4 is 45.7 Å². The van der Waals surface area contributed by atoms with Gasteiger partial charge in [-0.05, 0) is 18.6 Å². The first kappa shape index (κ1) is 34.4. The zero-order valence-electron chi connectivity index (χ0n) is 26.5. The van der Waals surface area contributed by atoms with E-state index >= 15 is 0 Å². The van der Waals surface area contributed by atoms with Crippen LogP contribution in [0.1, 0.15) is 24.2 Å². The normalized spacial score (nSPS) is 16.3. The minimum atomic E-state index is -3.08. The molecule has 0 aliphatic carbocycles. The lowest BCUT2D eigenvalue weighted by Crippen LogP contribution is -2.46. The molecule has 0 spiro atoms. The zero-order chi connectivity index (χ0) is 35.0. The summed E-state index contributed by atoms with van der Waals surface area (Å²) in [4.78, 5) is 38.1. The third-order valence-electron chi connectivity index (χ3n) is 8.34. The molecule has 0 radical (unpaired) electrons. The molecule has 1 fully saturated rings. The van der Waals surface area contributed by atoms with E-state index in [0.717, 1.165) is 14.7 Å². The fourth-order valence-electron chi connectivity index (χ4n) is 5.70. The Bertz CT molecular complexity index is 2180. The van der Waals surface area contributed by atoms with Gasteiger partial charge in [-0.1, -0.05) is 59.6 Å². The van der Waals surface area contributed by atoms with E-state index in [4.69, 9.17) is 37.7 Å². The number of ether oxygens (including phenoxy) is 2. The molecule has 3 N–H and O–H groups in total. The van der Waals surface area contributed by atoms with Crippen LogP contribution in [0.5, 0.6) is 5.88 Å². The Labute approximate surface area is 288 Å². The van der Waals surface area contributed by atoms with Gasteiger partial charge in [0, 0.05) is 55.5 Å². The molecule has 49 heavy (non-hydrogen) atoms. The van der Waals surface area contributed by atoms with Crippen molar-refractivity contribution in [2.75, 3.05) is 25.6 Å². The summed E-state index contributed by atoms with van der Waals surface area (Å²) in [5.41, 5.74) is 1.46. The number of hydrogen-bond acceptors (Lipinski definition) is 10. The van der Waals surface area contributed by atoms with Gasteiger partial charge in [0.05, 0.1) is 41.2 Å². The van der Waals surface area contributed by atoms with Crippen LogP contribution in [-0.4, -0.2) is 61.7 Å². The van der Waals surface area contributed by atoms with Gasteiger partial charge in [-0.25, -0.2) is 28.5 Å². The molecule has 3 aromatic heterocycles. The number of aryl methyl sites for hydroxylation is 1. The quantitative estimate of drug-likeness (QED) is 0.191. The van der Waals surface area contributed by atoms with E-state index in [2.05, 4.69) is 20.6 Å². The molecule has 2 unspecified atom stereocenters. The van der Waals surface area contributed by atoms with Crippen LogP contribution in [0, 0.1) is 0 Å². The van der Waals surface area contributed by atoms with Crippen LogP contribution in [0.3, 0.4) is 0 Å². The van der Waals surface area contributed by atoms with E-state index in [1.54, 1.807) is 36.4 Å². The Morgan fingerprint density at radius 2 is 1.71 bits per heavy atom. The maximum atomic E-state index is 13.8. The van der Waals surface area contributed by atoms with E-state index < -0.39 is 29.6 Å². The van der Waals surface area contributed by atoms with Crippen molar-refractivity contribution in [1.82, 2.24) is 29.4 Å². The number of nitrogens with one attached hydrogen (secondary N) is 2. The Kier molecular flexibility index (Phi) is 9.95. The summed E-state index contributed by atoms with van der Waals surface area (Å²) >= 11 is 13.9. The lowest BCUT2D eigenvalue weighted by molar-refractivity contribution is -0.0281. The van der Waals surface area contributed by atoms with Gasteiger partial charge in [0.15, 0.2) is 11.5 Å². The van der Waals surface area contributed by atoms with Crippen molar-refractivity contribution in [3.05, 3.63) is 90.8 Å². The Morgan fingerprint density at radius 1 is 1.00 bits per heavy atom. The number of aromatic nitrogens is 5. The van der Waals surface area contributed by atoms with E-state index in [0.29, 0.717) is 52.9 Å². The third-order valence-corrected chi connectivity index (χ3v) is 9.16. The van der Waals surface area contributed by atoms with Crippen molar-refractivity contribution in [3.8, 4) is 28.3 Å². The number of fused-ring (bicyclic) bond motifs is 1. The fourth-order valence-corrected chi connectivity index (χ4v) is 6.30. The highest BCUT2D eigenvalue weighted by molar-refractivity contribution is 6.39. The van der Waals surface area contributed by atoms with E-state index in [1.807, 2.05) is 12.1 Å². The minimum Gasteiger partial charge on any atom is -0.481 e. The average Bonchev–Trinajstić information content (AvgIpc) is 3.10. The Hall–Kier alpha value is -4.47. The molecule has 0 amide bonds. The Morgan fingerprint density at radius 3 is 2.43 bits per heavy atom. The van der Waals surface area contributed by atoms with Gasteiger partial charge in [-0.3, -0.25) is 13.9 Å². The van der Waals surface area contributed by atoms with Gasteiger partial charge in [0.1, 0.15) is 11.2 Å². The molecule has 4 heterocycles. The van der Waals surface area contributed by atoms with Crippen LogP contribution in [0.25, 0.3) is 33.4 Å². The molecule has 6 rings (SSSR count). The van der Waals surface area contributed by atoms with E-state index in [1.165, 1.54) is 21.2 Å². The second-order valence-corrected chi connectivity index (χ2v) is 12.1. The monoisotopic (exact) mass is 713 g/mol. The molecule has 0 bridgehead atoms. The molecule has 5 aromatic rings. The number of benzene rings is 2. The zero-order valence-corrected chi connectivity index (χ0v) is 28.0. The predicted octanol–water partition coefficient (Wildman–Crippen LogP) is 4.99. The first-order valence-corrected chi connectivity index (χ1v) is 15.9. The first-order valence-electron chi connectivity index (χ1n) is 15.1. The molecule has 1 saturated heterocycles. The molecule has 256 valence electrons. The largest absolute Gasteiger partial charge is 0.481 e. The number of aliphatic hydroxyl groups excluding tert-OH is 1. The summed E-state index contributed by atoms with van der Waals surface area (Å²) in [7, 11) is 4.12. The minimum absolute atomic E-state index is 0.113. The lowest BCUT2D eigenvalue weighted by Gasteiger charge is -2.28. The molecule has 1 aliphatic heterocycles. The van der Waals surface area contributed by atoms with Crippen LogP contribution in [0.2, 0.25) is 10.0 Å². The maximum Gasteiger partial charge on any atom is 0.332 e. The van der Waals surface area contributed by atoms with Crippen LogP contribution >= 0.6 is 23.2 Å². The van der Waals surface area contributed by atoms with E-state index in [-0.39, 0.29) is 40.2 Å². The molecule has 12 nitrogen and oxygen atoms in total. The van der Waals surface area contributed by atoms with Crippen LogP contribution in [0.4, 0.5) is 20.3 Å². The average molecular weight is 715 g/mol. The van der Waals surface area contributed by atoms with Crippen LogP contribution in [0.15, 0.2) is 58.1 Å². The number of anilines is 2. The molecule has 2 aromatic carbocycles. The van der Waals surface area contributed by atoms with Gasteiger partial charge >= 0.3 is 5.69 Å². The highest BCUT2D eigenvalue weighted by atomic mass is 35.5. The number of pyridine rings is 1. The molecule has 16 heteroatoms. The first-order chi connectivity index (χ1) is 23.5. The summed E-state index contributed by atoms with van der Waals surface area (Å²) < 4.78 is 40.4. The topological polar surface area (TPSA) is 145 Å². The van der Waals surface area contributed by atoms with Gasteiger partial charge in [0.25, 0.3) is 12.0 Å². The number of hydrogen-bond donors (Lipinski definition) is 3. The summed E-state index contributed by atoms with van der Waals surface area (Å²) in [6.07, 6.45) is -3.00. The van der Waals surface area contributed by atoms with Crippen molar-refractivity contribution < 1.29 is 23.4 Å². The predicted molar refractivity (Wildman–Crippen MR) is 182 cm³/mol. The summed E-state index contributed by atoms with van der Waals surface area (Å²) in [6.45, 7) is 1.27. The third kappa shape index (κ3) is 6.62. The van der Waals surface area contributed by atoms with Gasteiger partial charge in [-0.15, -0.1) is 0 Å². The van der Waals surface area contributed by atoms with Crippen LogP contribution < -0.4 is 26.6 Å². The molecule has 1 aliphatic rings. The molecular formula is C33H31Cl2F2N7O5. The second kappa shape index (κ2) is 14.2. The lowest BCUT2D eigenvalue weighted by atomic mass is 10.00. The van der Waals surface area contributed by atoms with Crippen molar-refractivity contribution in [2.45, 2.75) is 31.5 Å². The number of alkyl halides is 2. The molecular weight excluding hydrogens is 683 g/mol. The number of rotatable bonds is 9. The molecule has 0 saturated carbocycles. The smallest absolute Gasteiger partial charge is 0.332 e. The van der Waals surface area contributed by atoms with Crippen LogP contribution in [-0.2, 0) is 25.4 Å². The maximum absolute atomic E-state index is 13.8. The van der Waals surface area contributed by atoms with E-state index in [9.17, 15) is 23.5 Å². The fraction of sp³-hybridized carbons (Fsp3) is 0.303. The second-order valence-electron chi connectivity index (χ2n) is 11.4. The van der Waals surface area contributed by atoms with Crippen molar-refractivity contribution in [2.24, 2.45) is 14.1 Å². The SMILES string of the molecule is COc1nc(-c2cccc(-c3cccc(Nc4nc(C(F)F)nc5c4c(=O)n(C)c(=O)n5C)c3Cl)c2Cl)ccc1CNC1CCOCC1O. The number of methoxy groups -OCH3 is 1. The number of nitrogens with zero attached hydrogens (tertiary/aromatic N) is 5. The summed E-state index contributed by atoms with van der Waals surface area (Å²) in [5, 5.41) is 16.8. The molecule has 2 atom stereocenters. The van der Waals surface area contributed by atoms with Crippen molar-refractivity contribution in [1.29, 1.82) is 0 Å². The van der Waals surface area contributed by atoms with Crippen molar-refractivity contribution in [3.63, 3.8) is 0 Å².